The van der Waals surface area contributed by atoms with Crippen molar-refractivity contribution in [2.45, 2.75) is 51.0 Å². The van der Waals surface area contributed by atoms with E-state index >= 15 is 0 Å². The third-order valence-corrected chi connectivity index (χ3v) is 5.74. The summed E-state index contributed by atoms with van der Waals surface area (Å²) in [7, 11) is 0. The van der Waals surface area contributed by atoms with E-state index in [0.29, 0.717) is 6.61 Å². The van der Waals surface area contributed by atoms with Gasteiger partial charge in [0.05, 0.1) is 6.61 Å². The Hall–Kier alpha value is -2.12. The van der Waals surface area contributed by atoms with Crippen LogP contribution in [0.1, 0.15) is 55.6 Å². The monoisotopic (exact) mass is 360 g/mol. The normalized spacial score (nSPS) is 19.6. The van der Waals surface area contributed by atoms with Crippen molar-refractivity contribution in [2.24, 2.45) is 5.92 Å². The lowest BCUT2D eigenvalue weighted by Crippen LogP contribution is -2.11. The molecule has 0 bridgehead atoms. The maximum atomic E-state index is 5.71. The molecule has 1 saturated carbocycles. The van der Waals surface area contributed by atoms with Crippen LogP contribution in [0.2, 0.25) is 0 Å². The summed E-state index contributed by atoms with van der Waals surface area (Å²) in [6.45, 7) is 9.16. The predicted octanol–water partition coefficient (Wildman–Crippen LogP) is 7.30. The summed E-state index contributed by atoms with van der Waals surface area (Å²) in [4.78, 5) is 0. The molecule has 0 N–H and O–H groups in total. The summed E-state index contributed by atoms with van der Waals surface area (Å²) in [5.74, 6) is 1.45. The van der Waals surface area contributed by atoms with Gasteiger partial charge in [0.15, 0.2) is 0 Å². The lowest BCUT2D eigenvalue weighted by atomic mass is 9.78. The summed E-state index contributed by atoms with van der Waals surface area (Å²) >= 11 is 0. The molecular formula is C26H32O. The molecule has 1 heteroatoms. The van der Waals surface area contributed by atoms with Crippen molar-refractivity contribution in [3.63, 3.8) is 0 Å². The maximum absolute atomic E-state index is 5.71. The number of unbranched alkanes of at least 4 members (excludes halogenated alkanes) is 1. The second kappa shape index (κ2) is 10.3. The molecule has 0 atom stereocenters. The molecule has 0 saturated heterocycles. The van der Waals surface area contributed by atoms with E-state index in [-0.39, 0.29) is 0 Å². The predicted molar refractivity (Wildman–Crippen MR) is 116 cm³/mol. The highest BCUT2D eigenvalue weighted by Gasteiger charge is 2.20. The second-order valence-corrected chi connectivity index (χ2v) is 7.65. The summed E-state index contributed by atoms with van der Waals surface area (Å²) in [6, 6.07) is 17.9. The number of rotatable bonds is 9. The molecule has 0 amide bonds. The van der Waals surface area contributed by atoms with E-state index in [1.54, 1.807) is 0 Å². The Labute approximate surface area is 164 Å². The first-order valence-electron chi connectivity index (χ1n) is 10.3. The highest BCUT2D eigenvalue weighted by molar-refractivity contribution is 5.64. The molecule has 0 radical (unpaired) electrons. The van der Waals surface area contributed by atoms with E-state index in [4.69, 9.17) is 4.74 Å². The van der Waals surface area contributed by atoms with Gasteiger partial charge in [0.1, 0.15) is 0 Å². The molecule has 2 aromatic carbocycles. The first kappa shape index (κ1) is 19.6. The Kier molecular flexibility index (Phi) is 7.47. The van der Waals surface area contributed by atoms with Crippen LogP contribution in [-0.2, 0) is 11.3 Å². The fourth-order valence-electron chi connectivity index (χ4n) is 3.95. The van der Waals surface area contributed by atoms with Gasteiger partial charge >= 0.3 is 0 Å². The van der Waals surface area contributed by atoms with Crippen LogP contribution in [0.5, 0.6) is 0 Å². The van der Waals surface area contributed by atoms with Crippen molar-refractivity contribution >= 4 is 0 Å². The smallest absolute Gasteiger partial charge is 0.0716 e. The Morgan fingerprint density at radius 2 is 1.48 bits per heavy atom. The van der Waals surface area contributed by atoms with E-state index in [2.05, 4.69) is 67.8 Å². The van der Waals surface area contributed by atoms with Crippen LogP contribution >= 0.6 is 0 Å². The SMILES string of the molecule is C=CCCCOCc1ccc(-c2ccc(C3CCC(C=C)CC3)cc2)cc1. The van der Waals surface area contributed by atoms with Gasteiger partial charge in [0.2, 0.25) is 0 Å². The Morgan fingerprint density at radius 1 is 0.852 bits per heavy atom. The van der Waals surface area contributed by atoms with Crippen LogP contribution in [-0.4, -0.2) is 6.61 Å². The third-order valence-electron chi connectivity index (χ3n) is 5.74. The quantitative estimate of drug-likeness (QED) is 0.337. The molecule has 0 heterocycles. The first-order valence-corrected chi connectivity index (χ1v) is 10.3. The van der Waals surface area contributed by atoms with E-state index in [0.717, 1.165) is 31.3 Å². The molecule has 1 aliphatic rings. The molecule has 3 rings (SSSR count). The van der Waals surface area contributed by atoms with Gasteiger partial charge in [0, 0.05) is 6.61 Å². The molecular weight excluding hydrogens is 328 g/mol. The van der Waals surface area contributed by atoms with E-state index < -0.39 is 0 Å². The average molecular weight is 361 g/mol. The maximum Gasteiger partial charge on any atom is 0.0716 e. The first-order chi connectivity index (χ1) is 13.3. The molecule has 2 aromatic rings. The van der Waals surface area contributed by atoms with Gasteiger partial charge in [-0.1, -0.05) is 60.7 Å². The van der Waals surface area contributed by atoms with Gasteiger partial charge in [-0.15, -0.1) is 13.2 Å². The van der Waals surface area contributed by atoms with Crippen LogP contribution in [0, 0.1) is 5.92 Å². The zero-order valence-electron chi connectivity index (χ0n) is 16.4. The lowest BCUT2D eigenvalue weighted by Gasteiger charge is -2.27. The zero-order chi connectivity index (χ0) is 18.9. The molecule has 27 heavy (non-hydrogen) atoms. The fraction of sp³-hybridized carbons (Fsp3) is 0.385. The van der Waals surface area contributed by atoms with Crippen molar-refractivity contribution in [1.82, 2.24) is 0 Å². The van der Waals surface area contributed by atoms with E-state index in [9.17, 15) is 0 Å². The average Bonchev–Trinajstić information content (AvgIpc) is 2.74. The van der Waals surface area contributed by atoms with E-state index in [1.807, 2.05) is 6.08 Å². The Bertz CT molecular complexity index is 703. The van der Waals surface area contributed by atoms with E-state index in [1.165, 1.54) is 47.9 Å². The summed E-state index contributed by atoms with van der Waals surface area (Å²) in [6.07, 6.45) is 11.3. The minimum atomic E-state index is 0.684. The largest absolute Gasteiger partial charge is 0.377 e. The zero-order valence-corrected chi connectivity index (χ0v) is 16.4. The minimum absolute atomic E-state index is 0.684. The van der Waals surface area contributed by atoms with Gasteiger partial charge in [-0.05, 0) is 72.6 Å². The van der Waals surface area contributed by atoms with Crippen LogP contribution < -0.4 is 0 Å². The Balaban J connectivity index is 1.54. The van der Waals surface area contributed by atoms with Gasteiger partial charge in [-0.25, -0.2) is 0 Å². The van der Waals surface area contributed by atoms with Crippen molar-refractivity contribution in [1.29, 1.82) is 0 Å². The third kappa shape index (κ3) is 5.68. The number of hydrogen-bond donors (Lipinski definition) is 0. The number of allylic oxidation sites excluding steroid dienone is 2. The fourth-order valence-corrected chi connectivity index (χ4v) is 3.95. The van der Waals surface area contributed by atoms with Crippen LogP contribution in [0.25, 0.3) is 11.1 Å². The minimum Gasteiger partial charge on any atom is -0.377 e. The second-order valence-electron chi connectivity index (χ2n) is 7.65. The van der Waals surface area contributed by atoms with Crippen molar-refractivity contribution < 1.29 is 4.74 Å². The highest BCUT2D eigenvalue weighted by atomic mass is 16.5. The summed E-state index contributed by atoms with van der Waals surface area (Å²) < 4.78 is 5.71. The number of ether oxygens (including phenoxy) is 1. The van der Waals surface area contributed by atoms with Crippen LogP contribution in [0.15, 0.2) is 73.8 Å². The molecule has 142 valence electrons. The Morgan fingerprint density at radius 3 is 2.07 bits per heavy atom. The van der Waals surface area contributed by atoms with Gasteiger partial charge < -0.3 is 4.74 Å². The summed E-state index contributed by atoms with van der Waals surface area (Å²) in [5, 5.41) is 0. The highest BCUT2D eigenvalue weighted by Crippen LogP contribution is 2.36. The van der Waals surface area contributed by atoms with Gasteiger partial charge in [-0.3, -0.25) is 0 Å². The van der Waals surface area contributed by atoms with Crippen LogP contribution in [0.3, 0.4) is 0 Å². The summed E-state index contributed by atoms with van der Waals surface area (Å²) in [5.41, 5.74) is 5.28. The van der Waals surface area contributed by atoms with Crippen molar-refractivity contribution in [2.75, 3.05) is 6.61 Å². The lowest BCUT2D eigenvalue weighted by molar-refractivity contribution is 0.119. The van der Waals surface area contributed by atoms with Crippen LogP contribution in [0.4, 0.5) is 0 Å². The molecule has 1 aliphatic carbocycles. The molecule has 0 unspecified atom stereocenters. The molecule has 0 aromatic heterocycles. The van der Waals surface area contributed by atoms with Gasteiger partial charge in [0.25, 0.3) is 0 Å². The topological polar surface area (TPSA) is 9.23 Å². The number of benzene rings is 2. The molecule has 1 fully saturated rings. The molecule has 1 nitrogen and oxygen atoms in total. The van der Waals surface area contributed by atoms with Gasteiger partial charge in [-0.2, -0.15) is 0 Å². The van der Waals surface area contributed by atoms with Crippen molar-refractivity contribution in [3.8, 4) is 11.1 Å². The standard InChI is InChI=1S/C26H32O/c1-3-5-6-19-27-20-22-9-13-24(14-10-22)26-17-15-25(16-18-26)23-11-7-21(4-2)8-12-23/h3-4,9-10,13-18,21,23H,1-2,5-8,11-12,19-20H2. The number of hydrogen-bond acceptors (Lipinski definition) is 1. The molecule has 0 aliphatic heterocycles. The van der Waals surface area contributed by atoms with Crippen molar-refractivity contribution in [3.05, 3.63) is 85.0 Å². The molecule has 0 spiro atoms.